The summed E-state index contributed by atoms with van der Waals surface area (Å²) in [6.07, 6.45) is 0.0729. The van der Waals surface area contributed by atoms with Crippen LogP contribution in [0.15, 0.2) is 0 Å². The third kappa shape index (κ3) is 7.19. The van der Waals surface area contributed by atoms with Crippen LogP contribution in [-0.2, 0) is 23.1 Å². The van der Waals surface area contributed by atoms with Crippen LogP contribution >= 0.6 is 23.5 Å². The van der Waals surface area contributed by atoms with E-state index in [-0.39, 0.29) is 12.8 Å². The molecule has 0 bridgehead atoms. The molecule has 0 atom stereocenters. The van der Waals surface area contributed by atoms with Crippen LogP contribution in [0.2, 0.25) is 0 Å². The van der Waals surface area contributed by atoms with E-state index in [9.17, 15) is 9.36 Å². The molecule has 5 nitrogen and oxygen atoms in total. The Morgan fingerprint density at radius 3 is 2.06 bits per heavy atom. The topological polar surface area (TPSA) is 61.8 Å². The van der Waals surface area contributed by atoms with Gasteiger partial charge in [-0.3, -0.25) is 9.36 Å². The molecular formula is C10H20BrO5P. The minimum atomic E-state index is -3.12. The minimum absolute atomic E-state index is 0.0190. The molecule has 0 aromatic carbocycles. The fourth-order valence-electron chi connectivity index (χ4n) is 0.982. The summed E-state index contributed by atoms with van der Waals surface area (Å²) in [5.74, 6) is -0.406. The van der Waals surface area contributed by atoms with Crippen LogP contribution < -0.4 is 0 Å². The smallest absolute Gasteiger partial charge is 0.334 e. The highest BCUT2D eigenvalue weighted by Crippen LogP contribution is 2.47. The molecule has 0 aliphatic carbocycles. The summed E-state index contributed by atoms with van der Waals surface area (Å²) in [4.78, 5) is 11.4. The van der Waals surface area contributed by atoms with Gasteiger partial charge in [0.1, 0.15) is 10.9 Å². The summed E-state index contributed by atoms with van der Waals surface area (Å²) in [5, 5.41) is 0. The molecule has 0 aromatic rings. The Bertz CT molecular complexity index is 277. The van der Waals surface area contributed by atoms with Crippen LogP contribution in [0.1, 0.15) is 27.7 Å². The molecule has 0 aromatic heterocycles. The molecule has 102 valence electrons. The van der Waals surface area contributed by atoms with Gasteiger partial charge in [0, 0.05) is 0 Å². The first kappa shape index (κ1) is 17.1. The second kappa shape index (κ2) is 7.52. The van der Waals surface area contributed by atoms with Crippen LogP contribution in [0.5, 0.6) is 0 Å². The molecule has 0 amide bonds. The molecular weight excluding hydrogens is 311 g/mol. The van der Waals surface area contributed by atoms with E-state index in [0.717, 1.165) is 0 Å². The summed E-state index contributed by atoms with van der Waals surface area (Å²) in [6, 6.07) is 0. The van der Waals surface area contributed by atoms with Gasteiger partial charge in [-0.1, -0.05) is 15.9 Å². The van der Waals surface area contributed by atoms with Crippen molar-refractivity contribution in [3.8, 4) is 0 Å². The Morgan fingerprint density at radius 2 is 1.71 bits per heavy atom. The maximum Gasteiger partial charge on any atom is 0.334 e. The Hall–Kier alpha value is 0.1000. The molecule has 17 heavy (non-hydrogen) atoms. The Balaban J connectivity index is 4.16. The number of alkyl halides is 1. The molecule has 0 saturated carbocycles. The average molecular weight is 331 g/mol. The quantitative estimate of drug-likeness (QED) is 0.389. The van der Waals surface area contributed by atoms with Gasteiger partial charge in [0.25, 0.3) is 0 Å². The first-order chi connectivity index (χ1) is 7.75. The van der Waals surface area contributed by atoms with Crippen molar-refractivity contribution >= 4 is 29.5 Å². The van der Waals surface area contributed by atoms with Crippen LogP contribution in [-0.4, -0.2) is 36.3 Å². The van der Waals surface area contributed by atoms with Gasteiger partial charge in [0.05, 0.1) is 19.4 Å². The summed E-state index contributed by atoms with van der Waals surface area (Å²) in [6.45, 7) is 7.45. The first-order valence-corrected chi connectivity index (χ1v) is 8.01. The second-order valence-corrected chi connectivity index (χ2v) is 7.95. The Labute approximate surface area is 111 Å². The number of halogens is 1. The number of esters is 1. The molecule has 0 heterocycles. The van der Waals surface area contributed by atoms with E-state index in [1.807, 2.05) is 0 Å². The zero-order chi connectivity index (χ0) is 13.5. The summed E-state index contributed by atoms with van der Waals surface area (Å²) < 4.78 is 26.4. The predicted molar refractivity (Wildman–Crippen MR) is 69.7 cm³/mol. The van der Waals surface area contributed by atoms with Gasteiger partial charge in [-0.25, -0.2) is 0 Å². The predicted octanol–water partition coefficient (Wildman–Crippen LogP) is 2.97. The molecule has 0 N–H and O–H groups in total. The average Bonchev–Trinajstić information content (AvgIpc) is 2.16. The third-order valence-corrected chi connectivity index (χ3v) is 4.09. The van der Waals surface area contributed by atoms with E-state index in [4.69, 9.17) is 13.8 Å². The van der Waals surface area contributed by atoms with Crippen LogP contribution in [0.4, 0.5) is 0 Å². The normalized spacial score (nSPS) is 12.5. The lowest BCUT2D eigenvalue weighted by Crippen LogP contribution is -2.27. The number of ether oxygens (including phenoxy) is 1. The van der Waals surface area contributed by atoms with Crippen molar-refractivity contribution in [3.63, 3.8) is 0 Å². The molecule has 0 aliphatic rings. The van der Waals surface area contributed by atoms with E-state index in [0.29, 0.717) is 13.2 Å². The van der Waals surface area contributed by atoms with Gasteiger partial charge in [-0.2, -0.15) is 0 Å². The largest absolute Gasteiger partial charge is 0.464 e. The van der Waals surface area contributed by atoms with Gasteiger partial charge in [0.15, 0.2) is 0 Å². The van der Waals surface area contributed by atoms with Crippen molar-refractivity contribution in [3.05, 3.63) is 0 Å². The van der Waals surface area contributed by atoms with Gasteiger partial charge in [0.2, 0.25) is 0 Å². The van der Waals surface area contributed by atoms with Gasteiger partial charge in [-0.05, 0) is 27.7 Å². The number of rotatable bonds is 8. The minimum Gasteiger partial charge on any atom is -0.464 e. The molecule has 0 spiro atoms. The molecule has 0 aliphatic heterocycles. The van der Waals surface area contributed by atoms with Crippen molar-refractivity contribution in [1.82, 2.24) is 0 Å². The second-order valence-electron chi connectivity index (χ2n) is 3.78. The van der Waals surface area contributed by atoms with Crippen molar-refractivity contribution < 1.29 is 23.1 Å². The van der Waals surface area contributed by atoms with Crippen molar-refractivity contribution in [1.29, 1.82) is 0 Å². The van der Waals surface area contributed by atoms with Gasteiger partial charge in [-0.15, -0.1) is 0 Å². The van der Waals surface area contributed by atoms with E-state index < -0.39 is 17.9 Å². The van der Waals surface area contributed by atoms with Crippen molar-refractivity contribution in [2.75, 3.05) is 26.0 Å². The van der Waals surface area contributed by atoms with Crippen molar-refractivity contribution in [2.45, 2.75) is 32.0 Å². The lowest BCUT2D eigenvalue weighted by molar-refractivity contribution is -0.144. The summed E-state index contributed by atoms with van der Waals surface area (Å²) in [5.41, 5.74) is 0. The maximum atomic E-state index is 12.0. The number of hydrogen-bond acceptors (Lipinski definition) is 5. The zero-order valence-electron chi connectivity index (χ0n) is 10.7. The highest BCUT2D eigenvalue weighted by atomic mass is 79.9. The van der Waals surface area contributed by atoms with E-state index in [1.54, 1.807) is 27.7 Å². The van der Waals surface area contributed by atoms with E-state index in [2.05, 4.69) is 15.9 Å². The molecule has 0 rings (SSSR count). The van der Waals surface area contributed by atoms with Crippen LogP contribution in [0.3, 0.4) is 0 Å². The summed E-state index contributed by atoms with van der Waals surface area (Å²) in [7, 11) is -3.12. The fourth-order valence-corrected chi connectivity index (χ4v) is 2.53. The number of hydrogen-bond donors (Lipinski definition) is 0. The third-order valence-electron chi connectivity index (χ3n) is 1.74. The monoisotopic (exact) mass is 330 g/mol. The van der Waals surface area contributed by atoms with Crippen LogP contribution in [0, 0.1) is 0 Å². The molecule has 0 unspecified atom stereocenters. The fraction of sp³-hybridized carbons (Fsp3) is 0.900. The zero-order valence-corrected chi connectivity index (χ0v) is 13.2. The Morgan fingerprint density at radius 1 is 1.24 bits per heavy atom. The molecule has 0 radical (unpaired) electrons. The Kier molecular flexibility index (Phi) is 7.56. The first-order valence-electron chi connectivity index (χ1n) is 5.49. The van der Waals surface area contributed by atoms with Crippen molar-refractivity contribution in [2.24, 2.45) is 0 Å². The number of carbonyl (C=O) groups excluding carboxylic acids is 1. The lowest BCUT2D eigenvalue weighted by Gasteiger charge is -2.18. The lowest BCUT2D eigenvalue weighted by atomic mass is 10.2. The van der Waals surface area contributed by atoms with E-state index >= 15 is 0 Å². The van der Waals surface area contributed by atoms with Gasteiger partial charge >= 0.3 is 13.6 Å². The molecule has 0 saturated heterocycles. The highest BCUT2D eigenvalue weighted by molar-refractivity contribution is 9.10. The maximum absolute atomic E-state index is 12.0. The summed E-state index contributed by atoms with van der Waals surface area (Å²) >= 11 is 3.18. The highest BCUT2D eigenvalue weighted by Gasteiger charge is 2.28. The van der Waals surface area contributed by atoms with Crippen LogP contribution in [0.25, 0.3) is 0 Å². The van der Waals surface area contributed by atoms with E-state index in [1.165, 1.54) is 0 Å². The number of carbonyl (C=O) groups is 1. The molecule has 7 heteroatoms. The molecule has 0 fully saturated rings. The standard InChI is InChI=1S/C10H20BrO5P/c1-5-15-17(13,16-6-2)8-7-14-9(12)10(3,4)11/h5-8H2,1-4H3. The van der Waals surface area contributed by atoms with Gasteiger partial charge < -0.3 is 13.8 Å². The SMILES string of the molecule is CCOP(=O)(CCOC(=O)C(C)(C)Br)OCC.